The fraction of sp³-hybridized carbons (Fsp3) is 0.357. The molecule has 5 nitrogen and oxygen atoms in total. The summed E-state index contributed by atoms with van der Waals surface area (Å²) >= 11 is 0. The summed E-state index contributed by atoms with van der Waals surface area (Å²) in [5, 5.41) is 9.67. The molecule has 0 bridgehead atoms. The number of hydrogen-bond donors (Lipinski definition) is 1. The Morgan fingerprint density at radius 1 is 1.11 bits per heavy atom. The lowest BCUT2D eigenvalue weighted by Crippen LogP contribution is -2.23. The predicted molar refractivity (Wildman–Crippen MR) is 71.6 cm³/mol. The molecule has 0 aliphatic heterocycles. The molecule has 1 aromatic heterocycles. The quantitative estimate of drug-likeness (QED) is 0.888. The first-order chi connectivity index (χ1) is 9.16. The Bertz CT molecular complexity index is 500. The van der Waals surface area contributed by atoms with Gasteiger partial charge in [0.05, 0.1) is 6.10 Å². The fourth-order valence-electron chi connectivity index (χ4n) is 1.46. The number of nitrogens with zero attached hydrogens (tertiary/aromatic N) is 3. The number of ether oxygens (including phenoxy) is 1. The molecule has 0 aliphatic carbocycles. The Labute approximate surface area is 112 Å². The molecule has 19 heavy (non-hydrogen) atoms. The van der Waals surface area contributed by atoms with E-state index >= 15 is 0 Å². The number of benzene rings is 1. The van der Waals surface area contributed by atoms with Crippen LogP contribution in [0.5, 0.6) is 5.75 Å². The SMILES string of the molecule is CC(C)C(O)COc1ccc(-c2ncncn2)cc1. The van der Waals surface area contributed by atoms with Crippen LogP contribution < -0.4 is 4.74 Å². The van der Waals surface area contributed by atoms with E-state index in [1.807, 2.05) is 38.1 Å². The Hall–Kier alpha value is -2.01. The number of aliphatic hydroxyl groups is 1. The first-order valence-corrected chi connectivity index (χ1v) is 6.20. The number of aliphatic hydroxyl groups excluding tert-OH is 1. The van der Waals surface area contributed by atoms with Gasteiger partial charge in [-0.3, -0.25) is 0 Å². The highest BCUT2D eigenvalue weighted by molar-refractivity contribution is 5.55. The average molecular weight is 259 g/mol. The summed E-state index contributed by atoms with van der Waals surface area (Å²) in [6.07, 6.45) is 2.47. The third kappa shape index (κ3) is 3.72. The van der Waals surface area contributed by atoms with Gasteiger partial charge in [0.15, 0.2) is 5.82 Å². The molecule has 1 aromatic carbocycles. The standard InChI is InChI=1S/C14H17N3O2/c1-10(2)13(18)7-19-12-5-3-11(4-6-12)14-16-8-15-9-17-14/h3-6,8-10,13,18H,7H2,1-2H3. The molecule has 1 unspecified atom stereocenters. The minimum Gasteiger partial charge on any atom is -0.491 e. The maximum absolute atomic E-state index is 9.67. The van der Waals surface area contributed by atoms with Crippen LogP contribution >= 0.6 is 0 Å². The second kappa shape index (κ2) is 6.24. The van der Waals surface area contributed by atoms with Crippen molar-refractivity contribution in [3.05, 3.63) is 36.9 Å². The molecule has 1 atom stereocenters. The number of aromatic nitrogens is 3. The van der Waals surface area contributed by atoms with Gasteiger partial charge in [0, 0.05) is 5.56 Å². The van der Waals surface area contributed by atoms with Gasteiger partial charge in [-0.1, -0.05) is 13.8 Å². The first-order valence-electron chi connectivity index (χ1n) is 6.20. The second-order valence-electron chi connectivity index (χ2n) is 4.61. The van der Waals surface area contributed by atoms with Crippen molar-refractivity contribution in [1.82, 2.24) is 15.0 Å². The zero-order valence-electron chi connectivity index (χ0n) is 11.0. The Morgan fingerprint density at radius 2 is 1.74 bits per heavy atom. The Morgan fingerprint density at radius 3 is 2.32 bits per heavy atom. The molecule has 2 aromatic rings. The molecule has 2 rings (SSSR count). The smallest absolute Gasteiger partial charge is 0.162 e. The van der Waals surface area contributed by atoms with Crippen molar-refractivity contribution >= 4 is 0 Å². The molecule has 0 amide bonds. The van der Waals surface area contributed by atoms with Crippen molar-refractivity contribution < 1.29 is 9.84 Å². The van der Waals surface area contributed by atoms with Crippen molar-refractivity contribution in [3.8, 4) is 17.1 Å². The largest absolute Gasteiger partial charge is 0.491 e. The maximum atomic E-state index is 9.67. The Kier molecular flexibility index (Phi) is 4.41. The molecule has 100 valence electrons. The van der Waals surface area contributed by atoms with Crippen LogP contribution in [0.3, 0.4) is 0 Å². The molecule has 0 saturated carbocycles. The molecule has 0 aliphatic rings. The second-order valence-corrected chi connectivity index (χ2v) is 4.61. The van der Waals surface area contributed by atoms with E-state index in [-0.39, 0.29) is 5.92 Å². The van der Waals surface area contributed by atoms with Gasteiger partial charge >= 0.3 is 0 Å². The van der Waals surface area contributed by atoms with Crippen molar-refractivity contribution in [2.24, 2.45) is 5.92 Å². The highest BCUT2D eigenvalue weighted by Gasteiger charge is 2.09. The lowest BCUT2D eigenvalue weighted by molar-refractivity contribution is 0.0701. The fourth-order valence-corrected chi connectivity index (χ4v) is 1.46. The van der Waals surface area contributed by atoms with E-state index in [2.05, 4.69) is 15.0 Å². The van der Waals surface area contributed by atoms with Crippen LogP contribution in [-0.2, 0) is 0 Å². The summed E-state index contributed by atoms with van der Waals surface area (Å²) in [7, 11) is 0. The molecule has 0 saturated heterocycles. The third-order valence-electron chi connectivity index (χ3n) is 2.80. The van der Waals surface area contributed by atoms with Crippen molar-refractivity contribution in [2.75, 3.05) is 6.61 Å². The summed E-state index contributed by atoms with van der Waals surface area (Å²) < 4.78 is 5.52. The van der Waals surface area contributed by atoms with Crippen LogP contribution in [0, 0.1) is 5.92 Å². The van der Waals surface area contributed by atoms with Gasteiger partial charge in [0.25, 0.3) is 0 Å². The summed E-state index contributed by atoms with van der Waals surface area (Å²) in [6, 6.07) is 7.44. The van der Waals surface area contributed by atoms with E-state index in [1.54, 1.807) is 0 Å². The van der Waals surface area contributed by atoms with Crippen LogP contribution in [-0.4, -0.2) is 32.8 Å². The molecule has 0 fully saturated rings. The zero-order valence-corrected chi connectivity index (χ0v) is 11.0. The van der Waals surface area contributed by atoms with E-state index in [4.69, 9.17) is 4.74 Å². The van der Waals surface area contributed by atoms with Gasteiger partial charge in [0.1, 0.15) is 25.0 Å². The maximum Gasteiger partial charge on any atom is 0.162 e. The molecule has 0 radical (unpaired) electrons. The van der Waals surface area contributed by atoms with E-state index in [0.29, 0.717) is 12.4 Å². The van der Waals surface area contributed by atoms with Crippen LogP contribution in [0.15, 0.2) is 36.9 Å². The monoisotopic (exact) mass is 259 g/mol. The predicted octanol–water partition coefficient (Wildman–Crippen LogP) is 1.93. The summed E-state index contributed by atoms with van der Waals surface area (Å²) in [5.74, 6) is 1.53. The zero-order chi connectivity index (χ0) is 13.7. The first kappa shape index (κ1) is 13.4. The van der Waals surface area contributed by atoms with E-state index in [0.717, 1.165) is 11.3 Å². The highest BCUT2D eigenvalue weighted by Crippen LogP contribution is 2.19. The number of rotatable bonds is 5. The van der Waals surface area contributed by atoms with E-state index < -0.39 is 6.10 Å². The molecule has 0 spiro atoms. The molecule has 1 heterocycles. The van der Waals surface area contributed by atoms with E-state index in [1.165, 1.54) is 12.7 Å². The molecular formula is C14H17N3O2. The van der Waals surface area contributed by atoms with Gasteiger partial charge in [-0.05, 0) is 30.2 Å². The van der Waals surface area contributed by atoms with Crippen LogP contribution in [0.25, 0.3) is 11.4 Å². The highest BCUT2D eigenvalue weighted by atomic mass is 16.5. The lowest BCUT2D eigenvalue weighted by Gasteiger charge is -2.15. The van der Waals surface area contributed by atoms with Gasteiger partial charge in [-0.15, -0.1) is 0 Å². The minimum atomic E-state index is -0.455. The van der Waals surface area contributed by atoms with Gasteiger partial charge in [0.2, 0.25) is 0 Å². The van der Waals surface area contributed by atoms with Gasteiger partial charge in [-0.2, -0.15) is 0 Å². The van der Waals surface area contributed by atoms with Gasteiger partial charge in [-0.25, -0.2) is 15.0 Å². The summed E-state index contributed by atoms with van der Waals surface area (Å²) in [6.45, 7) is 4.21. The topological polar surface area (TPSA) is 68.1 Å². The average Bonchev–Trinajstić information content (AvgIpc) is 2.46. The minimum absolute atomic E-state index is 0.185. The Balaban J connectivity index is 1.99. The lowest BCUT2D eigenvalue weighted by atomic mass is 10.1. The van der Waals surface area contributed by atoms with Crippen LogP contribution in [0.1, 0.15) is 13.8 Å². The molecular weight excluding hydrogens is 242 g/mol. The van der Waals surface area contributed by atoms with Crippen molar-refractivity contribution in [1.29, 1.82) is 0 Å². The van der Waals surface area contributed by atoms with Crippen molar-refractivity contribution in [2.45, 2.75) is 20.0 Å². The molecule has 1 N–H and O–H groups in total. The normalized spacial score (nSPS) is 12.4. The van der Waals surface area contributed by atoms with E-state index in [9.17, 15) is 5.11 Å². The number of hydrogen-bond acceptors (Lipinski definition) is 5. The van der Waals surface area contributed by atoms with Crippen LogP contribution in [0.2, 0.25) is 0 Å². The van der Waals surface area contributed by atoms with Crippen molar-refractivity contribution in [3.63, 3.8) is 0 Å². The summed E-state index contributed by atoms with van der Waals surface area (Å²) in [5.41, 5.74) is 0.902. The summed E-state index contributed by atoms with van der Waals surface area (Å²) in [4.78, 5) is 11.9. The van der Waals surface area contributed by atoms with Gasteiger partial charge < -0.3 is 9.84 Å². The molecule has 5 heteroatoms. The third-order valence-corrected chi connectivity index (χ3v) is 2.80. The van der Waals surface area contributed by atoms with Crippen LogP contribution in [0.4, 0.5) is 0 Å².